The molecule has 0 aromatic heterocycles. The average molecular weight is 347 g/mol. The van der Waals surface area contributed by atoms with Gasteiger partial charge in [-0.05, 0) is 51.5 Å². The SMILES string of the molecule is Cc1cc(C(=O)N2CCN(C(=O)OC(C)(C)C)CC2)ccc1N(C)C. The van der Waals surface area contributed by atoms with Crippen LogP contribution in [0.1, 0.15) is 36.7 Å². The van der Waals surface area contributed by atoms with Crippen molar-refractivity contribution in [3.63, 3.8) is 0 Å². The highest BCUT2D eigenvalue weighted by Gasteiger charge is 2.28. The molecule has 1 aliphatic rings. The lowest BCUT2D eigenvalue weighted by molar-refractivity contribution is 0.0141. The molecule has 0 bridgehead atoms. The van der Waals surface area contributed by atoms with E-state index in [-0.39, 0.29) is 12.0 Å². The van der Waals surface area contributed by atoms with E-state index in [9.17, 15) is 9.59 Å². The predicted octanol–water partition coefficient (Wildman–Crippen LogP) is 2.75. The molecule has 2 rings (SSSR count). The van der Waals surface area contributed by atoms with Crippen LogP contribution in [0, 0.1) is 6.92 Å². The minimum absolute atomic E-state index is 0.0113. The van der Waals surface area contributed by atoms with Crippen molar-refractivity contribution in [3.05, 3.63) is 29.3 Å². The fourth-order valence-electron chi connectivity index (χ4n) is 2.89. The van der Waals surface area contributed by atoms with Crippen molar-refractivity contribution in [1.82, 2.24) is 9.80 Å². The summed E-state index contributed by atoms with van der Waals surface area (Å²) < 4.78 is 5.39. The van der Waals surface area contributed by atoms with Crippen molar-refractivity contribution in [2.24, 2.45) is 0 Å². The smallest absolute Gasteiger partial charge is 0.410 e. The van der Waals surface area contributed by atoms with Gasteiger partial charge in [-0.1, -0.05) is 0 Å². The Morgan fingerprint density at radius 3 is 2.08 bits per heavy atom. The van der Waals surface area contributed by atoms with E-state index in [0.717, 1.165) is 11.3 Å². The molecule has 6 nitrogen and oxygen atoms in total. The number of carbonyl (C=O) groups is 2. The van der Waals surface area contributed by atoms with Crippen molar-refractivity contribution in [3.8, 4) is 0 Å². The number of rotatable bonds is 2. The highest BCUT2D eigenvalue weighted by Crippen LogP contribution is 2.20. The van der Waals surface area contributed by atoms with E-state index >= 15 is 0 Å². The molecule has 0 saturated carbocycles. The number of benzene rings is 1. The number of anilines is 1. The van der Waals surface area contributed by atoms with Crippen LogP contribution < -0.4 is 4.90 Å². The number of hydrogen-bond acceptors (Lipinski definition) is 4. The molecule has 1 saturated heterocycles. The van der Waals surface area contributed by atoms with E-state index in [2.05, 4.69) is 0 Å². The van der Waals surface area contributed by atoms with Crippen molar-refractivity contribution in [1.29, 1.82) is 0 Å². The number of ether oxygens (including phenoxy) is 1. The van der Waals surface area contributed by atoms with Crippen molar-refractivity contribution in [2.75, 3.05) is 45.2 Å². The van der Waals surface area contributed by atoms with Crippen LogP contribution in [-0.4, -0.2) is 67.7 Å². The van der Waals surface area contributed by atoms with E-state index in [1.165, 1.54) is 0 Å². The zero-order chi connectivity index (χ0) is 18.8. The molecule has 0 atom stereocenters. The van der Waals surface area contributed by atoms with Crippen LogP contribution >= 0.6 is 0 Å². The summed E-state index contributed by atoms with van der Waals surface area (Å²) in [6.07, 6.45) is -0.314. The Hall–Kier alpha value is -2.24. The lowest BCUT2D eigenvalue weighted by atomic mass is 10.1. The van der Waals surface area contributed by atoms with Crippen LogP contribution in [0.15, 0.2) is 18.2 Å². The molecule has 6 heteroatoms. The molecule has 1 aliphatic heterocycles. The lowest BCUT2D eigenvalue weighted by Crippen LogP contribution is -2.51. The van der Waals surface area contributed by atoms with Crippen LogP contribution in [-0.2, 0) is 4.74 Å². The molecule has 1 aromatic rings. The summed E-state index contributed by atoms with van der Waals surface area (Å²) in [7, 11) is 3.97. The third-order valence-corrected chi connectivity index (χ3v) is 4.14. The number of hydrogen-bond donors (Lipinski definition) is 0. The quantitative estimate of drug-likeness (QED) is 0.825. The highest BCUT2D eigenvalue weighted by atomic mass is 16.6. The minimum atomic E-state index is -0.504. The molecule has 2 amide bonds. The lowest BCUT2D eigenvalue weighted by Gasteiger charge is -2.35. The Balaban J connectivity index is 1.97. The largest absolute Gasteiger partial charge is 0.444 e. The molecule has 138 valence electrons. The molecule has 1 heterocycles. The number of nitrogens with zero attached hydrogens (tertiary/aromatic N) is 3. The molecule has 0 N–H and O–H groups in total. The van der Waals surface area contributed by atoms with E-state index in [4.69, 9.17) is 4.74 Å². The molecule has 0 aliphatic carbocycles. The Morgan fingerprint density at radius 2 is 1.60 bits per heavy atom. The predicted molar refractivity (Wildman–Crippen MR) is 99.2 cm³/mol. The summed E-state index contributed by atoms with van der Waals surface area (Å²) in [4.78, 5) is 30.3. The summed E-state index contributed by atoms with van der Waals surface area (Å²) in [5.41, 5.74) is 2.36. The van der Waals surface area contributed by atoms with Gasteiger partial charge >= 0.3 is 6.09 Å². The zero-order valence-corrected chi connectivity index (χ0v) is 16.1. The summed E-state index contributed by atoms with van der Waals surface area (Å²) in [5.74, 6) is 0.0113. The normalized spacial score (nSPS) is 15.1. The van der Waals surface area contributed by atoms with E-state index in [1.807, 2.05) is 64.9 Å². The van der Waals surface area contributed by atoms with Gasteiger partial charge in [0.15, 0.2) is 0 Å². The second-order valence-corrected chi connectivity index (χ2v) is 7.66. The van der Waals surface area contributed by atoms with Crippen molar-refractivity contribution < 1.29 is 14.3 Å². The Labute approximate surface area is 150 Å². The monoisotopic (exact) mass is 347 g/mol. The van der Waals surface area contributed by atoms with Gasteiger partial charge < -0.3 is 19.4 Å². The van der Waals surface area contributed by atoms with Gasteiger partial charge in [0.05, 0.1) is 0 Å². The third-order valence-electron chi connectivity index (χ3n) is 4.14. The first-order valence-electron chi connectivity index (χ1n) is 8.63. The van der Waals surface area contributed by atoms with Gasteiger partial charge in [-0.25, -0.2) is 4.79 Å². The van der Waals surface area contributed by atoms with Gasteiger partial charge in [-0.2, -0.15) is 0 Å². The summed E-state index contributed by atoms with van der Waals surface area (Å²) in [5, 5.41) is 0. The van der Waals surface area contributed by atoms with Crippen LogP contribution in [0.2, 0.25) is 0 Å². The van der Waals surface area contributed by atoms with E-state index < -0.39 is 5.60 Å². The van der Waals surface area contributed by atoms with Gasteiger partial charge in [0.1, 0.15) is 5.60 Å². The van der Waals surface area contributed by atoms with E-state index in [0.29, 0.717) is 31.7 Å². The molecule has 0 spiro atoms. The Morgan fingerprint density at radius 1 is 1.04 bits per heavy atom. The Bertz CT molecular complexity index is 642. The summed E-state index contributed by atoms with van der Waals surface area (Å²) >= 11 is 0. The standard InChI is InChI=1S/C19H29N3O3/c1-14-13-15(7-8-16(14)20(5)6)17(23)21-9-11-22(12-10-21)18(24)25-19(2,3)4/h7-8,13H,9-12H2,1-6H3. The molecule has 0 unspecified atom stereocenters. The van der Waals surface area contributed by atoms with E-state index in [1.54, 1.807) is 9.80 Å². The first kappa shape index (κ1) is 19.1. The topological polar surface area (TPSA) is 53.1 Å². The van der Waals surface area contributed by atoms with Crippen LogP contribution in [0.5, 0.6) is 0 Å². The number of carbonyl (C=O) groups excluding carboxylic acids is 2. The zero-order valence-electron chi connectivity index (χ0n) is 16.1. The van der Waals surface area contributed by atoms with Gasteiger partial charge in [0, 0.05) is 51.5 Å². The molecular formula is C19H29N3O3. The maximum absolute atomic E-state index is 12.7. The molecule has 1 aromatic carbocycles. The average Bonchev–Trinajstić information content (AvgIpc) is 2.52. The molecule has 1 fully saturated rings. The fraction of sp³-hybridized carbons (Fsp3) is 0.579. The van der Waals surface area contributed by atoms with Crippen LogP contribution in [0.25, 0.3) is 0 Å². The second-order valence-electron chi connectivity index (χ2n) is 7.66. The summed E-state index contributed by atoms with van der Waals surface area (Å²) in [6.45, 7) is 9.59. The fourth-order valence-corrected chi connectivity index (χ4v) is 2.89. The van der Waals surface area contributed by atoms with Gasteiger partial charge in [0.2, 0.25) is 0 Å². The van der Waals surface area contributed by atoms with Gasteiger partial charge in [-0.3, -0.25) is 4.79 Å². The Kier molecular flexibility index (Phi) is 5.60. The van der Waals surface area contributed by atoms with Gasteiger partial charge in [0.25, 0.3) is 5.91 Å². The molecule has 25 heavy (non-hydrogen) atoms. The van der Waals surface area contributed by atoms with Gasteiger partial charge in [-0.15, -0.1) is 0 Å². The third kappa shape index (κ3) is 4.87. The first-order chi connectivity index (χ1) is 11.6. The maximum Gasteiger partial charge on any atom is 0.410 e. The minimum Gasteiger partial charge on any atom is -0.444 e. The molecular weight excluding hydrogens is 318 g/mol. The van der Waals surface area contributed by atoms with Crippen molar-refractivity contribution >= 4 is 17.7 Å². The van der Waals surface area contributed by atoms with Crippen LogP contribution in [0.3, 0.4) is 0 Å². The van der Waals surface area contributed by atoms with Crippen molar-refractivity contribution in [2.45, 2.75) is 33.3 Å². The highest BCUT2D eigenvalue weighted by molar-refractivity contribution is 5.95. The molecule has 0 radical (unpaired) electrons. The number of amides is 2. The van der Waals surface area contributed by atoms with Crippen LogP contribution in [0.4, 0.5) is 10.5 Å². The first-order valence-corrected chi connectivity index (χ1v) is 8.63. The number of aryl methyl sites for hydroxylation is 1. The second kappa shape index (κ2) is 7.33. The maximum atomic E-state index is 12.7. The summed E-state index contributed by atoms with van der Waals surface area (Å²) in [6, 6.07) is 5.77. The number of piperazine rings is 1.